The van der Waals surface area contributed by atoms with Gasteiger partial charge in [-0.15, -0.1) is 0 Å². The molecule has 2 aromatic carbocycles. The predicted molar refractivity (Wildman–Crippen MR) is 86.6 cm³/mol. The van der Waals surface area contributed by atoms with Crippen LogP contribution < -0.4 is 10.1 Å². The highest BCUT2D eigenvalue weighted by molar-refractivity contribution is 5.84. The molecule has 2 fully saturated rings. The van der Waals surface area contributed by atoms with Gasteiger partial charge in [-0.2, -0.15) is 0 Å². The minimum absolute atomic E-state index is 0.685. The first-order valence-electron chi connectivity index (χ1n) is 8.06. The van der Waals surface area contributed by atoms with E-state index in [0.717, 1.165) is 18.2 Å². The van der Waals surface area contributed by atoms with Gasteiger partial charge in [0.2, 0.25) is 0 Å². The standard InChI is InChI=1S/C19H23NO/c1-21-18-7-4-15-10-14(2-3-16(15)11-18)12-20-13-19(8-9-19)17-5-6-17/h2-4,7,10-11,17,20H,5-6,8-9,12-13H2,1H3. The summed E-state index contributed by atoms with van der Waals surface area (Å²) in [5, 5.41) is 6.22. The van der Waals surface area contributed by atoms with Crippen LogP contribution in [0.5, 0.6) is 5.75 Å². The quantitative estimate of drug-likeness (QED) is 0.859. The summed E-state index contributed by atoms with van der Waals surface area (Å²) in [4.78, 5) is 0. The molecule has 0 aliphatic heterocycles. The van der Waals surface area contributed by atoms with Crippen molar-refractivity contribution in [1.82, 2.24) is 5.32 Å². The minimum Gasteiger partial charge on any atom is -0.497 e. The molecule has 0 heterocycles. The first kappa shape index (κ1) is 13.1. The molecule has 1 N–H and O–H groups in total. The number of benzene rings is 2. The van der Waals surface area contributed by atoms with Gasteiger partial charge in [0.1, 0.15) is 5.75 Å². The van der Waals surface area contributed by atoms with E-state index in [1.54, 1.807) is 7.11 Å². The second-order valence-corrected chi connectivity index (χ2v) is 6.79. The Labute approximate surface area is 126 Å². The van der Waals surface area contributed by atoms with E-state index in [0.29, 0.717) is 5.41 Å². The van der Waals surface area contributed by atoms with Crippen molar-refractivity contribution in [2.75, 3.05) is 13.7 Å². The summed E-state index contributed by atoms with van der Waals surface area (Å²) in [6, 6.07) is 13.0. The molecule has 2 aliphatic carbocycles. The minimum atomic E-state index is 0.685. The smallest absolute Gasteiger partial charge is 0.119 e. The van der Waals surface area contributed by atoms with Gasteiger partial charge in [-0.05, 0) is 71.6 Å². The fourth-order valence-corrected chi connectivity index (χ4v) is 3.55. The maximum atomic E-state index is 5.28. The van der Waals surface area contributed by atoms with Crippen molar-refractivity contribution in [3.63, 3.8) is 0 Å². The lowest BCUT2D eigenvalue weighted by Crippen LogP contribution is -2.24. The molecule has 2 nitrogen and oxygen atoms in total. The van der Waals surface area contributed by atoms with Crippen molar-refractivity contribution in [2.45, 2.75) is 32.2 Å². The van der Waals surface area contributed by atoms with Gasteiger partial charge in [0.15, 0.2) is 0 Å². The van der Waals surface area contributed by atoms with Gasteiger partial charge in [-0.25, -0.2) is 0 Å². The largest absolute Gasteiger partial charge is 0.497 e. The maximum absolute atomic E-state index is 5.28. The van der Waals surface area contributed by atoms with E-state index in [-0.39, 0.29) is 0 Å². The van der Waals surface area contributed by atoms with Gasteiger partial charge < -0.3 is 10.1 Å². The lowest BCUT2D eigenvalue weighted by atomic mass is 10.0. The van der Waals surface area contributed by atoms with Crippen molar-refractivity contribution in [2.24, 2.45) is 11.3 Å². The molecule has 0 radical (unpaired) electrons. The van der Waals surface area contributed by atoms with Gasteiger partial charge in [0.25, 0.3) is 0 Å². The molecule has 110 valence electrons. The third-order valence-electron chi connectivity index (χ3n) is 5.25. The highest BCUT2D eigenvalue weighted by Gasteiger charge is 2.53. The Kier molecular flexibility index (Phi) is 3.15. The predicted octanol–water partition coefficient (Wildman–Crippen LogP) is 4.13. The van der Waals surface area contributed by atoms with Gasteiger partial charge in [-0.1, -0.05) is 18.2 Å². The van der Waals surface area contributed by atoms with Crippen LogP contribution >= 0.6 is 0 Å². The molecule has 0 saturated heterocycles. The number of methoxy groups -OCH3 is 1. The zero-order valence-corrected chi connectivity index (χ0v) is 12.7. The van der Waals surface area contributed by atoms with Crippen LogP contribution in [0.2, 0.25) is 0 Å². The molecule has 0 atom stereocenters. The highest BCUT2D eigenvalue weighted by atomic mass is 16.5. The third kappa shape index (κ3) is 2.65. The number of fused-ring (bicyclic) bond motifs is 1. The highest BCUT2D eigenvalue weighted by Crippen LogP contribution is 2.60. The Morgan fingerprint density at radius 2 is 1.86 bits per heavy atom. The molecule has 0 amide bonds. The molecule has 2 saturated carbocycles. The first-order chi connectivity index (χ1) is 10.3. The van der Waals surface area contributed by atoms with E-state index in [1.165, 1.54) is 48.6 Å². The first-order valence-corrected chi connectivity index (χ1v) is 8.06. The third-order valence-corrected chi connectivity index (χ3v) is 5.25. The van der Waals surface area contributed by atoms with Gasteiger partial charge >= 0.3 is 0 Å². The summed E-state index contributed by atoms with van der Waals surface area (Å²) < 4.78 is 5.28. The number of hydrogen-bond acceptors (Lipinski definition) is 2. The number of rotatable bonds is 6. The SMILES string of the molecule is COc1ccc2cc(CNCC3(C4CC4)CC3)ccc2c1. The van der Waals surface area contributed by atoms with E-state index in [1.807, 2.05) is 6.07 Å². The summed E-state index contributed by atoms with van der Waals surface area (Å²) in [6.45, 7) is 2.19. The number of ether oxygens (including phenoxy) is 1. The maximum Gasteiger partial charge on any atom is 0.119 e. The molecule has 2 heteroatoms. The van der Waals surface area contributed by atoms with Crippen molar-refractivity contribution < 1.29 is 4.74 Å². The van der Waals surface area contributed by atoms with Crippen LogP contribution in [-0.2, 0) is 6.54 Å². The average molecular weight is 281 g/mol. The molecule has 0 unspecified atom stereocenters. The zero-order chi connectivity index (χ0) is 14.3. The van der Waals surface area contributed by atoms with Crippen molar-refractivity contribution >= 4 is 10.8 Å². The summed E-state index contributed by atoms with van der Waals surface area (Å²) in [6.07, 6.45) is 5.84. The molecular formula is C19H23NO. The van der Waals surface area contributed by atoms with Crippen molar-refractivity contribution in [3.05, 3.63) is 42.0 Å². The summed E-state index contributed by atoms with van der Waals surface area (Å²) in [5.41, 5.74) is 2.06. The topological polar surface area (TPSA) is 21.3 Å². The second-order valence-electron chi connectivity index (χ2n) is 6.79. The Morgan fingerprint density at radius 3 is 2.57 bits per heavy atom. The Bertz CT molecular complexity index is 656. The molecule has 0 spiro atoms. The zero-order valence-electron chi connectivity index (χ0n) is 12.7. The van der Waals surface area contributed by atoms with Crippen LogP contribution in [-0.4, -0.2) is 13.7 Å². The van der Waals surface area contributed by atoms with Crippen LogP contribution in [0, 0.1) is 11.3 Å². The van der Waals surface area contributed by atoms with E-state index < -0.39 is 0 Å². The van der Waals surface area contributed by atoms with Crippen molar-refractivity contribution in [1.29, 1.82) is 0 Å². The Morgan fingerprint density at radius 1 is 1.10 bits per heavy atom. The van der Waals surface area contributed by atoms with Crippen molar-refractivity contribution in [3.8, 4) is 5.75 Å². The summed E-state index contributed by atoms with van der Waals surface area (Å²) >= 11 is 0. The van der Waals surface area contributed by atoms with E-state index >= 15 is 0 Å². The van der Waals surface area contributed by atoms with E-state index in [2.05, 4.69) is 35.6 Å². The lowest BCUT2D eigenvalue weighted by Gasteiger charge is -2.15. The fraction of sp³-hybridized carbons (Fsp3) is 0.474. The van der Waals surface area contributed by atoms with E-state index in [9.17, 15) is 0 Å². The second kappa shape index (κ2) is 5.03. The fourth-order valence-electron chi connectivity index (χ4n) is 3.55. The summed E-state index contributed by atoms with van der Waals surface area (Å²) in [7, 11) is 1.72. The Balaban J connectivity index is 1.42. The Hall–Kier alpha value is -1.54. The molecular weight excluding hydrogens is 258 g/mol. The van der Waals surface area contributed by atoms with Crippen LogP contribution in [0.3, 0.4) is 0 Å². The van der Waals surface area contributed by atoms with E-state index in [4.69, 9.17) is 4.74 Å². The van der Waals surface area contributed by atoms with Gasteiger partial charge in [-0.3, -0.25) is 0 Å². The summed E-state index contributed by atoms with van der Waals surface area (Å²) in [5.74, 6) is 1.96. The van der Waals surface area contributed by atoms with Crippen LogP contribution in [0.4, 0.5) is 0 Å². The molecule has 0 aromatic heterocycles. The normalized spacial score (nSPS) is 19.7. The lowest BCUT2D eigenvalue weighted by molar-refractivity contribution is 0.403. The van der Waals surface area contributed by atoms with Crippen LogP contribution in [0.15, 0.2) is 36.4 Å². The van der Waals surface area contributed by atoms with Gasteiger partial charge in [0.05, 0.1) is 7.11 Å². The number of hydrogen-bond donors (Lipinski definition) is 1. The van der Waals surface area contributed by atoms with Gasteiger partial charge in [0, 0.05) is 13.1 Å². The van der Waals surface area contributed by atoms with Crippen LogP contribution in [0.25, 0.3) is 10.8 Å². The molecule has 0 bridgehead atoms. The van der Waals surface area contributed by atoms with Crippen LogP contribution in [0.1, 0.15) is 31.2 Å². The molecule has 2 aliphatic rings. The molecule has 2 aromatic rings. The number of nitrogens with one attached hydrogen (secondary N) is 1. The average Bonchev–Trinajstić information content (AvgIpc) is 3.38. The molecule has 4 rings (SSSR count). The monoisotopic (exact) mass is 281 g/mol. The molecule has 21 heavy (non-hydrogen) atoms.